The van der Waals surface area contributed by atoms with Crippen molar-refractivity contribution in [2.75, 3.05) is 5.73 Å². The molecule has 1 aromatic carbocycles. The highest BCUT2D eigenvalue weighted by atomic mass is 19.4. The van der Waals surface area contributed by atoms with E-state index in [2.05, 4.69) is 9.97 Å². The van der Waals surface area contributed by atoms with Crippen LogP contribution in [-0.2, 0) is 6.18 Å². The summed E-state index contributed by atoms with van der Waals surface area (Å²) in [6.07, 6.45) is -4.81. The molecule has 0 aliphatic heterocycles. The maximum Gasteiger partial charge on any atom is 0.433 e. The van der Waals surface area contributed by atoms with Crippen LogP contribution >= 0.6 is 0 Å². The van der Waals surface area contributed by atoms with Gasteiger partial charge < -0.3 is 5.73 Å². The van der Waals surface area contributed by atoms with Crippen molar-refractivity contribution >= 4 is 5.95 Å². The fourth-order valence-corrected chi connectivity index (χ4v) is 1.12. The molecule has 0 radical (unpaired) electrons. The largest absolute Gasteiger partial charge is 0.433 e. The number of halogens is 3. The number of aromatic nitrogens is 2. The summed E-state index contributed by atoms with van der Waals surface area (Å²) in [5, 5.41) is 0. The standard InChI is InChI=1S/C11H8F3N3/c12-11(13,14)9-6-8(16-10(15)17-9)7-4-2-1-3-5-7/h1-6H,(H2,15,16,17)/i1D,2D,3D,4D,5D. The fourth-order valence-electron chi connectivity index (χ4n) is 1.12. The predicted octanol–water partition coefficient (Wildman–Crippen LogP) is 2.74. The summed E-state index contributed by atoms with van der Waals surface area (Å²) < 4.78 is 76.1. The minimum absolute atomic E-state index is 0.467. The van der Waals surface area contributed by atoms with E-state index in [0.717, 1.165) is 0 Å². The van der Waals surface area contributed by atoms with Crippen LogP contribution in [-0.4, -0.2) is 9.97 Å². The van der Waals surface area contributed by atoms with Crippen molar-refractivity contribution in [1.29, 1.82) is 0 Å². The lowest BCUT2D eigenvalue weighted by molar-refractivity contribution is -0.141. The zero-order valence-corrected chi connectivity index (χ0v) is 8.18. The first-order valence-corrected chi connectivity index (χ1v) is 4.33. The Bertz CT molecular complexity index is 735. The average molecular weight is 244 g/mol. The van der Waals surface area contributed by atoms with Gasteiger partial charge in [-0.05, 0) is 6.07 Å². The number of benzene rings is 1. The van der Waals surface area contributed by atoms with Crippen LogP contribution in [0.15, 0.2) is 36.3 Å². The molecule has 1 aromatic heterocycles. The third-order valence-electron chi connectivity index (χ3n) is 1.79. The van der Waals surface area contributed by atoms with Crippen molar-refractivity contribution in [3.63, 3.8) is 0 Å². The number of rotatable bonds is 1. The molecular formula is C11H8F3N3. The second-order valence-corrected chi connectivity index (χ2v) is 2.99. The van der Waals surface area contributed by atoms with Gasteiger partial charge in [-0.1, -0.05) is 30.2 Å². The molecular weight excluding hydrogens is 231 g/mol. The highest BCUT2D eigenvalue weighted by Crippen LogP contribution is 2.30. The number of alkyl halides is 3. The van der Waals surface area contributed by atoms with Gasteiger partial charge in [0.25, 0.3) is 0 Å². The van der Waals surface area contributed by atoms with E-state index in [1.165, 1.54) is 0 Å². The molecule has 0 aliphatic carbocycles. The first kappa shape index (κ1) is 6.58. The Balaban J connectivity index is 2.81. The minimum atomic E-state index is -4.81. The minimum Gasteiger partial charge on any atom is -0.368 e. The Kier molecular flexibility index (Phi) is 1.57. The van der Waals surface area contributed by atoms with Gasteiger partial charge >= 0.3 is 6.18 Å². The Morgan fingerprint density at radius 2 is 1.76 bits per heavy atom. The molecule has 0 spiro atoms. The van der Waals surface area contributed by atoms with Gasteiger partial charge in [0.1, 0.15) is 0 Å². The molecule has 0 amide bonds. The number of nitrogen functional groups attached to an aromatic ring is 1. The molecule has 0 fully saturated rings. The highest BCUT2D eigenvalue weighted by Gasteiger charge is 2.33. The number of nitrogens with zero attached hydrogens (tertiary/aromatic N) is 2. The molecule has 0 atom stereocenters. The molecule has 0 saturated heterocycles. The summed E-state index contributed by atoms with van der Waals surface area (Å²) >= 11 is 0. The summed E-state index contributed by atoms with van der Waals surface area (Å²) in [6.45, 7) is 0. The summed E-state index contributed by atoms with van der Waals surface area (Å²) in [5.74, 6) is -0.711. The number of hydrogen-bond donors (Lipinski definition) is 1. The lowest BCUT2D eigenvalue weighted by atomic mass is 10.1. The van der Waals surface area contributed by atoms with Crippen molar-refractivity contribution in [3.8, 4) is 11.3 Å². The average Bonchev–Trinajstić information content (AvgIpc) is 2.42. The molecule has 88 valence electrons. The summed E-state index contributed by atoms with van der Waals surface area (Å²) in [4.78, 5) is 6.59. The smallest absolute Gasteiger partial charge is 0.368 e. The molecule has 1 heterocycles. The maximum absolute atomic E-state index is 12.7. The molecule has 0 bridgehead atoms. The van der Waals surface area contributed by atoms with Gasteiger partial charge in [-0.2, -0.15) is 13.2 Å². The van der Waals surface area contributed by atoms with E-state index in [-0.39, 0.29) is 0 Å². The summed E-state index contributed by atoms with van der Waals surface area (Å²) in [6, 6.07) is -2.86. The van der Waals surface area contributed by atoms with Crippen molar-refractivity contribution < 1.29 is 20.0 Å². The Morgan fingerprint density at radius 3 is 2.35 bits per heavy atom. The van der Waals surface area contributed by atoms with Crippen LogP contribution < -0.4 is 5.73 Å². The van der Waals surface area contributed by atoms with Crippen LogP contribution in [0.3, 0.4) is 0 Å². The molecule has 0 unspecified atom stereocenters. The molecule has 6 heteroatoms. The van der Waals surface area contributed by atoms with Crippen LogP contribution in [0.25, 0.3) is 11.3 Å². The van der Waals surface area contributed by atoms with E-state index in [4.69, 9.17) is 12.6 Å². The van der Waals surface area contributed by atoms with Gasteiger partial charge in [0, 0.05) is 5.56 Å². The van der Waals surface area contributed by atoms with E-state index >= 15 is 0 Å². The van der Waals surface area contributed by atoms with Gasteiger partial charge in [-0.15, -0.1) is 0 Å². The first-order chi connectivity index (χ1) is 10.0. The second-order valence-electron chi connectivity index (χ2n) is 2.99. The van der Waals surface area contributed by atoms with Crippen LogP contribution in [0, 0.1) is 0 Å². The fraction of sp³-hybridized carbons (Fsp3) is 0.0909. The van der Waals surface area contributed by atoms with Crippen LogP contribution in [0.2, 0.25) is 0 Å². The van der Waals surface area contributed by atoms with E-state index in [0.29, 0.717) is 6.07 Å². The quantitative estimate of drug-likeness (QED) is 0.839. The zero-order chi connectivity index (χ0) is 16.8. The number of nitrogens with two attached hydrogens (primary N) is 1. The Hall–Kier alpha value is -2.11. The van der Waals surface area contributed by atoms with Crippen LogP contribution in [0.4, 0.5) is 19.1 Å². The first-order valence-electron chi connectivity index (χ1n) is 6.83. The van der Waals surface area contributed by atoms with Crippen molar-refractivity contribution in [3.05, 3.63) is 42.0 Å². The van der Waals surface area contributed by atoms with Gasteiger partial charge in [0.15, 0.2) is 5.69 Å². The summed E-state index contributed by atoms with van der Waals surface area (Å²) in [5.41, 5.74) is 2.91. The number of anilines is 1. The Morgan fingerprint density at radius 1 is 1.12 bits per heavy atom. The lowest BCUT2D eigenvalue weighted by Gasteiger charge is -2.08. The summed E-state index contributed by atoms with van der Waals surface area (Å²) in [7, 11) is 0. The third kappa shape index (κ3) is 2.52. The Labute approximate surface area is 102 Å². The normalized spacial score (nSPS) is 15.6. The van der Waals surface area contributed by atoms with Gasteiger partial charge in [0.2, 0.25) is 5.95 Å². The molecule has 3 nitrogen and oxygen atoms in total. The highest BCUT2D eigenvalue weighted by molar-refractivity contribution is 5.60. The van der Waals surface area contributed by atoms with Crippen molar-refractivity contribution in [1.82, 2.24) is 9.97 Å². The third-order valence-corrected chi connectivity index (χ3v) is 1.79. The van der Waals surface area contributed by atoms with Gasteiger partial charge in [0.05, 0.1) is 12.5 Å². The van der Waals surface area contributed by atoms with Crippen molar-refractivity contribution in [2.45, 2.75) is 6.18 Å². The zero-order valence-electron chi connectivity index (χ0n) is 13.2. The lowest BCUT2D eigenvalue weighted by Crippen LogP contribution is -2.11. The molecule has 2 aromatic rings. The maximum atomic E-state index is 12.7. The van der Waals surface area contributed by atoms with Gasteiger partial charge in [-0.3, -0.25) is 0 Å². The monoisotopic (exact) mass is 244 g/mol. The second kappa shape index (κ2) is 4.04. The van der Waals surface area contributed by atoms with E-state index in [1.54, 1.807) is 0 Å². The molecule has 2 rings (SSSR count). The predicted molar refractivity (Wildman–Crippen MR) is 56.9 cm³/mol. The van der Waals surface area contributed by atoms with Gasteiger partial charge in [-0.25, -0.2) is 9.97 Å². The van der Waals surface area contributed by atoms with Crippen LogP contribution in [0.5, 0.6) is 0 Å². The van der Waals surface area contributed by atoms with E-state index in [1.807, 2.05) is 0 Å². The molecule has 0 aliphatic rings. The van der Waals surface area contributed by atoms with Crippen molar-refractivity contribution in [2.24, 2.45) is 0 Å². The SMILES string of the molecule is [2H]c1c([2H])c([2H])c(-c2cc(C(F)(F)F)nc(N)n2)c([2H])c1[2H]. The van der Waals surface area contributed by atoms with Crippen LogP contribution in [0.1, 0.15) is 12.5 Å². The number of hydrogen-bond acceptors (Lipinski definition) is 3. The molecule has 17 heavy (non-hydrogen) atoms. The van der Waals surface area contributed by atoms with E-state index in [9.17, 15) is 13.2 Å². The molecule has 0 saturated carbocycles. The van der Waals surface area contributed by atoms with E-state index < -0.39 is 59.3 Å². The topological polar surface area (TPSA) is 51.8 Å². The molecule has 2 N–H and O–H groups in total.